The Bertz CT molecular complexity index is 724. The second kappa shape index (κ2) is 10.8. The quantitative estimate of drug-likeness (QED) is 0.370. The second-order valence-electron chi connectivity index (χ2n) is 6.40. The van der Waals surface area contributed by atoms with Crippen LogP contribution < -0.4 is 10.6 Å². The van der Waals surface area contributed by atoms with Crippen LogP contribution in [0.5, 0.6) is 0 Å². The number of nitrogens with one attached hydrogen (secondary N) is 2. The lowest BCUT2D eigenvalue weighted by Gasteiger charge is -2.18. The van der Waals surface area contributed by atoms with Crippen molar-refractivity contribution in [3.63, 3.8) is 0 Å². The van der Waals surface area contributed by atoms with Crippen molar-refractivity contribution in [2.45, 2.75) is 39.7 Å². The molecule has 26 heavy (non-hydrogen) atoms. The number of nitrogens with zero attached hydrogens (tertiary/aromatic N) is 3. The fraction of sp³-hybridized carbons (Fsp3) is 0.474. The third kappa shape index (κ3) is 6.46. The molecule has 2 N–H and O–H groups in total. The summed E-state index contributed by atoms with van der Waals surface area (Å²) in [4.78, 5) is 4.32. The SMILES string of the molecule is CN=C(NCCc1ccc(Cl)cc1)NC(C)Cc1c(C)nn(C)c1C.I. The van der Waals surface area contributed by atoms with Gasteiger partial charge in [0.05, 0.1) is 5.69 Å². The highest BCUT2D eigenvalue weighted by Crippen LogP contribution is 2.14. The predicted octanol–water partition coefficient (Wildman–Crippen LogP) is 3.65. The Labute approximate surface area is 178 Å². The minimum atomic E-state index is 0. The fourth-order valence-electron chi connectivity index (χ4n) is 2.87. The van der Waals surface area contributed by atoms with Gasteiger partial charge in [0.25, 0.3) is 0 Å². The molecule has 0 fully saturated rings. The predicted molar refractivity (Wildman–Crippen MR) is 121 cm³/mol. The maximum atomic E-state index is 5.92. The molecule has 1 atom stereocenters. The van der Waals surface area contributed by atoms with Gasteiger partial charge in [-0.2, -0.15) is 5.10 Å². The van der Waals surface area contributed by atoms with Crippen LogP contribution in [0.4, 0.5) is 0 Å². The van der Waals surface area contributed by atoms with Gasteiger partial charge in [0.2, 0.25) is 0 Å². The van der Waals surface area contributed by atoms with Gasteiger partial charge < -0.3 is 10.6 Å². The summed E-state index contributed by atoms with van der Waals surface area (Å²) >= 11 is 5.92. The lowest BCUT2D eigenvalue weighted by molar-refractivity contribution is 0.635. The molecule has 0 radical (unpaired) electrons. The van der Waals surface area contributed by atoms with E-state index in [1.807, 2.05) is 23.9 Å². The first kappa shape index (κ1) is 22.8. The number of aromatic nitrogens is 2. The van der Waals surface area contributed by atoms with E-state index in [-0.39, 0.29) is 30.0 Å². The van der Waals surface area contributed by atoms with Crippen LogP contribution in [-0.4, -0.2) is 35.4 Å². The van der Waals surface area contributed by atoms with E-state index in [0.29, 0.717) is 0 Å². The Balaban J connectivity index is 0.00000338. The summed E-state index contributed by atoms with van der Waals surface area (Å²) in [5.74, 6) is 0.820. The third-order valence-corrected chi connectivity index (χ3v) is 4.65. The number of benzene rings is 1. The Morgan fingerprint density at radius 1 is 1.27 bits per heavy atom. The first-order chi connectivity index (χ1) is 11.9. The van der Waals surface area contributed by atoms with Crippen molar-refractivity contribution in [3.05, 3.63) is 51.8 Å². The maximum absolute atomic E-state index is 5.92. The van der Waals surface area contributed by atoms with Crippen LogP contribution in [-0.2, 0) is 19.9 Å². The first-order valence-electron chi connectivity index (χ1n) is 8.61. The van der Waals surface area contributed by atoms with Crippen LogP contribution in [0.3, 0.4) is 0 Å². The largest absolute Gasteiger partial charge is 0.356 e. The van der Waals surface area contributed by atoms with Crippen molar-refractivity contribution in [1.82, 2.24) is 20.4 Å². The van der Waals surface area contributed by atoms with Crippen LogP contribution >= 0.6 is 35.6 Å². The fourth-order valence-corrected chi connectivity index (χ4v) is 3.00. The number of rotatable bonds is 6. The van der Waals surface area contributed by atoms with Crippen molar-refractivity contribution < 1.29 is 0 Å². The standard InChI is InChI=1S/C19H28ClN5.HI/c1-13(12-18-14(2)24-25(5)15(18)3)23-19(21-4)22-11-10-16-6-8-17(20)9-7-16;/h6-9,13H,10-12H2,1-5H3,(H2,21,22,23);1H. The molecule has 5 nitrogen and oxygen atoms in total. The topological polar surface area (TPSA) is 54.2 Å². The number of halogens is 2. The van der Waals surface area contributed by atoms with E-state index < -0.39 is 0 Å². The van der Waals surface area contributed by atoms with Crippen molar-refractivity contribution in [2.75, 3.05) is 13.6 Å². The number of guanidine groups is 1. The molecule has 2 rings (SSSR count). The Morgan fingerprint density at radius 2 is 1.92 bits per heavy atom. The maximum Gasteiger partial charge on any atom is 0.191 e. The van der Waals surface area contributed by atoms with Crippen LogP contribution in [0, 0.1) is 13.8 Å². The molecule has 0 bridgehead atoms. The summed E-state index contributed by atoms with van der Waals surface area (Å²) in [5.41, 5.74) is 4.87. The highest BCUT2D eigenvalue weighted by molar-refractivity contribution is 14.0. The molecule has 2 aromatic rings. The molecular formula is C19H29ClIN5. The van der Waals surface area contributed by atoms with Crippen LogP contribution in [0.15, 0.2) is 29.3 Å². The van der Waals surface area contributed by atoms with Crippen molar-refractivity contribution in [1.29, 1.82) is 0 Å². The van der Waals surface area contributed by atoms with Crippen molar-refractivity contribution in [3.8, 4) is 0 Å². The van der Waals surface area contributed by atoms with E-state index in [1.54, 1.807) is 7.05 Å². The molecular weight excluding hydrogens is 461 g/mol. The van der Waals surface area contributed by atoms with E-state index in [1.165, 1.54) is 16.8 Å². The molecule has 0 saturated heterocycles. The Kier molecular flexibility index (Phi) is 9.43. The van der Waals surface area contributed by atoms with Gasteiger partial charge in [-0.05, 0) is 56.9 Å². The number of aryl methyl sites for hydroxylation is 2. The summed E-state index contributed by atoms with van der Waals surface area (Å²) in [6.45, 7) is 7.16. The highest BCUT2D eigenvalue weighted by Gasteiger charge is 2.13. The van der Waals surface area contributed by atoms with E-state index in [2.05, 4.69) is 53.6 Å². The second-order valence-corrected chi connectivity index (χ2v) is 6.83. The van der Waals surface area contributed by atoms with Gasteiger partial charge in [-0.25, -0.2) is 0 Å². The molecule has 7 heteroatoms. The Morgan fingerprint density at radius 3 is 2.46 bits per heavy atom. The zero-order valence-corrected chi connectivity index (χ0v) is 19.2. The Hall–Kier alpha value is -1.28. The van der Waals surface area contributed by atoms with E-state index >= 15 is 0 Å². The van der Waals surface area contributed by atoms with Gasteiger partial charge in [-0.3, -0.25) is 9.67 Å². The number of hydrogen-bond acceptors (Lipinski definition) is 2. The average Bonchev–Trinajstić information content (AvgIpc) is 2.82. The minimum Gasteiger partial charge on any atom is -0.356 e. The van der Waals surface area contributed by atoms with E-state index in [9.17, 15) is 0 Å². The summed E-state index contributed by atoms with van der Waals surface area (Å²) in [6, 6.07) is 8.21. The molecule has 0 aliphatic carbocycles. The molecule has 1 unspecified atom stereocenters. The lowest BCUT2D eigenvalue weighted by atomic mass is 10.1. The molecule has 0 amide bonds. The molecule has 0 aliphatic rings. The van der Waals surface area contributed by atoms with Gasteiger partial charge in [0.15, 0.2) is 5.96 Å². The smallest absolute Gasteiger partial charge is 0.191 e. The van der Waals surface area contributed by atoms with Crippen molar-refractivity contribution in [2.24, 2.45) is 12.0 Å². The summed E-state index contributed by atoms with van der Waals surface area (Å²) in [6.07, 6.45) is 1.84. The summed E-state index contributed by atoms with van der Waals surface area (Å²) in [7, 11) is 3.78. The molecule has 1 heterocycles. The van der Waals surface area contributed by atoms with Gasteiger partial charge in [-0.1, -0.05) is 23.7 Å². The summed E-state index contributed by atoms with van der Waals surface area (Å²) < 4.78 is 1.94. The third-order valence-electron chi connectivity index (χ3n) is 4.40. The molecule has 1 aromatic heterocycles. The monoisotopic (exact) mass is 489 g/mol. The molecule has 0 saturated carbocycles. The number of aliphatic imine (C=N–C) groups is 1. The minimum absolute atomic E-state index is 0. The van der Waals surface area contributed by atoms with Crippen LogP contribution in [0.25, 0.3) is 0 Å². The van der Waals surface area contributed by atoms with E-state index in [0.717, 1.165) is 36.1 Å². The molecule has 1 aromatic carbocycles. The van der Waals surface area contributed by atoms with Crippen LogP contribution in [0.1, 0.15) is 29.4 Å². The average molecular weight is 490 g/mol. The first-order valence-corrected chi connectivity index (χ1v) is 8.99. The molecule has 0 aliphatic heterocycles. The zero-order chi connectivity index (χ0) is 18.4. The molecule has 0 spiro atoms. The van der Waals surface area contributed by atoms with Gasteiger partial charge >= 0.3 is 0 Å². The highest BCUT2D eigenvalue weighted by atomic mass is 127. The van der Waals surface area contributed by atoms with E-state index in [4.69, 9.17) is 11.6 Å². The summed E-state index contributed by atoms with van der Waals surface area (Å²) in [5, 5.41) is 12.1. The van der Waals surface area contributed by atoms with Gasteiger partial charge in [0, 0.05) is 37.4 Å². The molecule has 144 valence electrons. The number of hydrogen-bond donors (Lipinski definition) is 2. The normalized spacial score (nSPS) is 12.5. The lowest BCUT2D eigenvalue weighted by Crippen LogP contribution is -2.43. The van der Waals surface area contributed by atoms with Crippen molar-refractivity contribution >= 4 is 41.5 Å². The van der Waals surface area contributed by atoms with Gasteiger partial charge in [-0.15, -0.1) is 24.0 Å². The zero-order valence-electron chi connectivity index (χ0n) is 16.1. The van der Waals surface area contributed by atoms with Gasteiger partial charge in [0.1, 0.15) is 0 Å². The van der Waals surface area contributed by atoms with Crippen LogP contribution in [0.2, 0.25) is 5.02 Å².